The van der Waals surface area contributed by atoms with Crippen molar-refractivity contribution in [1.29, 1.82) is 5.26 Å². The molecule has 4 aromatic heterocycles. The van der Waals surface area contributed by atoms with Gasteiger partial charge in [0.2, 0.25) is 0 Å². The summed E-state index contributed by atoms with van der Waals surface area (Å²) in [5, 5.41) is 17.7. The molecule has 0 radical (unpaired) electrons. The fraction of sp³-hybridized carbons (Fsp3) is 0.304. The van der Waals surface area contributed by atoms with Gasteiger partial charge >= 0.3 is 21.5 Å². The first kappa shape index (κ1) is 67.2. The number of aromatic nitrogens is 6. The van der Waals surface area contributed by atoms with E-state index in [2.05, 4.69) is 31.9 Å². The van der Waals surface area contributed by atoms with E-state index in [4.69, 9.17) is 20.1 Å². The Balaban J connectivity index is 0.000000334. The smallest absolute Gasteiger partial charge is 0.339 e. The second-order valence-electron chi connectivity index (χ2n) is 17.9. The SMILES string of the molecule is C.C.C.C.CC#N.Cc1c(O)c2c(=O)n(C3CC3)c(=O)n(-c3ccc(Br)cc3)c2n(C)c1=O.Cc1ccc(S(=O)(=O)Cl)cc1.Cc1ccc(S(=O)(=O)Oc2c(C)c(=O)n(C)c3c2c(=O)n(C2CC2)c(=O)n3-c2ccc(Br)cc2)cc1. The molecule has 428 valence electrons. The lowest BCUT2D eigenvalue weighted by atomic mass is 10.2. The number of aryl methyl sites for hydroxylation is 4. The average Bonchev–Trinajstić information content (AvgIpc) is 4.32. The zero-order chi connectivity index (χ0) is 55.9. The first-order chi connectivity index (χ1) is 35.7. The average molecular weight is 1290 g/mol. The van der Waals surface area contributed by atoms with Crippen LogP contribution >= 0.6 is 42.5 Å². The third kappa shape index (κ3) is 13.5. The maximum atomic E-state index is 13.7. The maximum absolute atomic E-state index is 13.7. The van der Waals surface area contributed by atoms with Crippen LogP contribution in [0.4, 0.5) is 0 Å². The number of rotatable bonds is 8. The summed E-state index contributed by atoms with van der Waals surface area (Å²) >= 11 is 6.72. The number of hydrogen-bond acceptors (Lipinski definition) is 13. The lowest BCUT2D eigenvalue weighted by Crippen LogP contribution is -2.41. The van der Waals surface area contributed by atoms with Crippen molar-refractivity contribution in [3.8, 4) is 28.9 Å². The van der Waals surface area contributed by atoms with E-state index in [1.165, 1.54) is 82.0 Å². The minimum Gasteiger partial charge on any atom is -0.506 e. The molecule has 0 aliphatic heterocycles. The van der Waals surface area contributed by atoms with Crippen LogP contribution < -0.4 is 37.8 Å². The Morgan fingerprint density at radius 1 is 0.562 bits per heavy atom. The van der Waals surface area contributed by atoms with Gasteiger partial charge in [0.1, 0.15) is 32.7 Å². The molecule has 4 aromatic carbocycles. The van der Waals surface area contributed by atoms with E-state index < -0.39 is 52.8 Å². The summed E-state index contributed by atoms with van der Waals surface area (Å²) in [4.78, 5) is 79.2. The van der Waals surface area contributed by atoms with Gasteiger partial charge < -0.3 is 9.29 Å². The molecule has 2 aliphatic rings. The predicted octanol–water partition coefficient (Wildman–Crippen LogP) is 10.3. The molecule has 0 spiro atoms. The van der Waals surface area contributed by atoms with Crippen molar-refractivity contribution in [2.45, 2.75) is 112 Å². The number of nitriles is 1. The van der Waals surface area contributed by atoms with Crippen molar-refractivity contribution in [3.05, 3.63) is 191 Å². The van der Waals surface area contributed by atoms with Crippen molar-refractivity contribution >= 4 is 83.8 Å². The summed E-state index contributed by atoms with van der Waals surface area (Å²) in [6.07, 6.45) is 2.77. The van der Waals surface area contributed by atoms with Crippen molar-refractivity contribution < 1.29 is 26.1 Å². The van der Waals surface area contributed by atoms with Gasteiger partial charge in [0.05, 0.1) is 33.5 Å². The van der Waals surface area contributed by atoms with Crippen molar-refractivity contribution in [2.75, 3.05) is 0 Å². The number of nitrogens with zero attached hydrogens (tertiary/aromatic N) is 7. The summed E-state index contributed by atoms with van der Waals surface area (Å²) in [5.74, 6) is -0.743. The molecule has 10 rings (SSSR count). The summed E-state index contributed by atoms with van der Waals surface area (Å²) in [5.41, 5.74) is -0.560. The minimum atomic E-state index is -4.39. The molecule has 0 unspecified atom stereocenters. The molecule has 2 saturated carbocycles. The monoisotopic (exact) mass is 1280 g/mol. The number of hydrogen-bond donors (Lipinski definition) is 1. The van der Waals surface area contributed by atoms with Crippen LogP contribution in [-0.2, 0) is 33.3 Å². The molecule has 0 bridgehead atoms. The van der Waals surface area contributed by atoms with Crippen LogP contribution in [0.1, 0.15) is 96.7 Å². The second kappa shape index (κ2) is 26.4. The molecule has 24 heteroatoms. The van der Waals surface area contributed by atoms with E-state index in [0.29, 0.717) is 24.2 Å². The van der Waals surface area contributed by atoms with Crippen molar-refractivity contribution in [2.24, 2.45) is 14.1 Å². The molecule has 2 aliphatic carbocycles. The summed E-state index contributed by atoms with van der Waals surface area (Å²) in [7, 11) is 0.0737. The Morgan fingerprint density at radius 3 is 1.26 bits per heavy atom. The highest BCUT2D eigenvalue weighted by Crippen LogP contribution is 2.36. The maximum Gasteiger partial charge on any atom is 0.339 e. The highest BCUT2D eigenvalue weighted by molar-refractivity contribution is 9.10. The van der Waals surface area contributed by atoms with Gasteiger partial charge in [-0.1, -0.05) is 97.0 Å². The summed E-state index contributed by atoms with van der Waals surface area (Å²) in [6.45, 7) is 7.99. The molecule has 2 fully saturated rings. The van der Waals surface area contributed by atoms with E-state index in [-0.39, 0.29) is 96.3 Å². The molecule has 19 nitrogen and oxygen atoms in total. The van der Waals surface area contributed by atoms with Gasteiger partial charge in [-0.05, 0) is 126 Å². The number of pyridine rings is 2. The van der Waals surface area contributed by atoms with Crippen LogP contribution in [0.3, 0.4) is 0 Å². The van der Waals surface area contributed by atoms with E-state index in [1.54, 1.807) is 78.9 Å². The predicted molar refractivity (Wildman–Crippen MR) is 323 cm³/mol. The number of aromatic hydroxyl groups is 1. The van der Waals surface area contributed by atoms with E-state index in [1.807, 2.05) is 13.8 Å². The van der Waals surface area contributed by atoms with Crippen LogP contribution in [0.15, 0.2) is 145 Å². The van der Waals surface area contributed by atoms with Gasteiger partial charge in [-0.3, -0.25) is 37.4 Å². The Kier molecular flexibility index (Phi) is 22.2. The molecule has 0 saturated heterocycles. The van der Waals surface area contributed by atoms with Crippen LogP contribution in [0.2, 0.25) is 0 Å². The zero-order valence-electron chi connectivity index (χ0n) is 41.7. The normalized spacial score (nSPS) is 12.5. The third-order valence-electron chi connectivity index (χ3n) is 12.4. The van der Waals surface area contributed by atoms with Gasteiger partial charge in [-0.15, -0.1) is 0 Å². The second-order valence-corrected chi connectivity index (χ2v) is 23.8. The fourth-order valence-corrected chi connectivity index (χ4v) is 10.5. The summed E-state index contributed by atoms with van der Waals surface area (Å²) < 4.78 is 62.2. The van der Waals surface area contributed by atoms with Crippen molar-refractivity contribution in [1.82, 2.24) is 27.4 Å². The first-order valence-corrected chi connectivity index (χ1v) is 28.4. The number of fused-ring (bicyclic) bond motifs is 2. The Bertz CT molecular complexity index is 4270. The molecule has 0 amide bonds. The van der Waals surface area contributed by atoms with Crippen molar-refractivity contribution in [3.63, 3.8) is 0 Å². The van der Waals surface area contributed by atoms with E-state index >= 15 is 0 Å². The topological polar surface area (TPSA) is 254 Å². The molecular formula is C56H64Br2ClN7O12S2. The Hall–Kier alpha value is -7.10. The lowest BCUT2D eigenvalue weighted by molar-refractivity contribution is 0.472. The minimum absolute atomic E-state index is 0. The van der Waals surface area contributed by atoms with Crippen LogP contribution in [0.5, 0.6) is 11.5 Å². The molecule has 8 aromatic rings. The Morgan fingerprint density at radius 2 is 0.900 bits per heavy atom. The molecule has 1 N–H and O–H groups in total. The molecule has 4 heterocycles. The van der Waals surface area contributed by atoms with Gasteiger partial charge in [0.15, 0.2) is 5.75 Å². The van der Waals surface area contributed by atoms with E-state index in [0.717, 1.165) is 37.5 Å². The van der Waals surface area contributed by atoms with Gasteiger partial charge in [0, 0.05) is 52.7 Å². The van der Waals surface area contributed by atoms with Crippen LogP contribution in [0, 0.1) is 39.0 Å². The largest absolute Gasteiger partial charge is 0.506 e. The van der Waals surface area contributed by atoms with Gasteiger partial charge in [0.25, 0.3) is 31.3 Å². The third-order valence-corrected chi connectivity index (χ3v) is 16.0. The highest BCUT2D eigenvalue weighted by atomic mass is 79.9. The van der Waals surface area contributed by atoms with E-state index in [9.17, 15) is 50.7 Å². The highest BCUT2D eigenvalue weighted by Gasteiger charge is 2.34. The first-order valence-electron chi connectivity index (χ1n) is 23.1. The molecular weight excluding hydrogens is 1220 g/mol. The Labute approximate surface area is 485 Å². The summed E-state index contributed by atoms with van der Waals surface area (Å²) in [6, 6.07) is 27.4. The number of benzene rings is 4. The van der Waals surface area contributed by atoms with Crippen LogP contribution in [-0.4, -0.2) is 49.3 Å². The van der Waals surface area contributed by atoms with Crippen LogP contribution in [0.25, 0.3) is 33.4 Å². The molecule has 0 atom stereocenters. The lowest BCUT2D eigenvalue weighted by Gasteiger charge is -2.19. The quantitative estimate of drug-likeness (QED) is 0.110. The number of halogens is 3. The van der Waals surface area contributed by atoms with Gasteiger partial charge in [-0.2, -0.15) is 13.7 Å². The fourth-order valence-electron chi connectivity index (χ4n) is 8.16. The van der Waals surface area contributed by atoms with Gasteiger partial charge in [-0.25, -0.2) is 27.1 Å². The zero-order valence-corrected chi connectivity index (χ0v) is 47.3. The molecule has 80 heavy (non-hydrogen) atoms. The standard InChI is InChI=1S/C25H22BrN3O6S.C18H16BrN3O4.C7H7ClO2S.C2H3N.4CH4/c1-14-4-12-19(13-5-14)36(33,34)35-21-15(2)23(30)27(3)22-20(21)24(31)29(18-10-11-18)25(32)28(22)17-8-6-16(26)7-9-17;1-9-14(23)13-15(20(2)16(9)24)21(11-5-3-10(19)4-6-11)18(26)22(17(13)25)12-7-8-12;1-6-2-4-7(5-3-6)11(8,9)10;1-2-3;;;;/h4-9,12-13,18H,10-11H2,1-3H3;3-6,12,23H,7-8H2,1-2H3;2-5H,1H3;1H3;4*1H4.